The third-order valence-corrected chi connectivity index (χ3v) is 2.83. The number of amides is 1. The molecule has 0 aliphatic carbocycles. The van der Waals surface area contributed by atoms with Crippen molar-refractivity contribution in [1.82, 2.24) is 14.9 Å². The number of nitrogens with zero attached hydrogens (tertiary/aromatic N) is 3. The highest BCUT2D eigenvalue weighted by molar-refractivity contribution is 5.92. The zero-order chi connectivity index (χ0) is 12.3. The monoisotopic (exact) mass is 236 g/mol. The molecule has 1 atom stereocenters. The highest BCUT2D eigenvalue weighted by atomic mass is 16.5. The summed E-state index contributed by atoms with van der Waals surface area (Å²) in [6.07, 6.45) is 3.73. The Kier molecular flexibility index (Phi) is 3.53. The van der Waals surface area contributed by atoms with E-state index >= 15 is 0 Å². The number of ether oxygens (including phenoxy) is 1. The average molecular weight is 236 g/mol. The maximum Gasteiger partial charge on any atom is 0.274 e. The third-order valence-electron chi connectivity index (χ3n) is 2.83. The number of morpholine rings is 1. The molecule has 6 heteroatoms. The lowest BCUT2D eigenvalue weighted by Crippen LogP contribution is -2.48. The molecule has 6 nitrogen and oxygen atoms in total. The summed E-state index contributed by atoms with van der Waals surface area (Å²) in [6, 6.07) is 0.111. The molecule has 1 aromatic heterocycles. The molecule has 1 aliphatic heterocycles. The van der Waals surface area contributed by atoms with Crippen LogP contribution in [0.25, 0.3) is 0 Å². The summed E-state index contributed by atoms with van der Waals surface area (Å²) >= 11 is 0. The molecule has 2 N–H and O–H groups in total. The minimum Gasteiger partial charge on any atom is -0.382 e. The zero-order valence-electron chi connectivity index (χ0n) is 9.80. The Morgan fingerprint density at radius 1 is 1.65 bits per heavy atom. The molecule has 1 aliphatic rings. The second-order valence-electron chi connectivity index (χ2n) is 3.96. The fourth-order valence-corrected chi connectivity index (χ4v) is 1.89. The van der Waals surface area contributed by atoms with Crippen LogP contribution in [-0.2, 0) is 4.74 Å². The van der Waals surface area contributed by atoms with E-state index in [0.717, 1.165) is 6.42 Å². The van der Waals surface area contributed by atoms with Gasteiger partial charge in [-0.25, -0.2) is 4.98 Å². The van der Waals surface area contributed by atoms with Gasteiger partial charge in [0, 0.05) is 6.54 Å². The van der Waals surface area contributed by atoms with Crippen LogP contribution >= 0.6 is 0 Å². The van der Waals surface area contributed by atoms with Gasteiger partial charge in [-0.1, -0.05) is 6.92 Å². The normalized spacial score (nSPS) is 20.3. The number of rotatable bonds is 2. The largest absolute Gasteiger partial charge is 0.382 e. The number of aromatic nitrogens is 2. The van der Waals surface area contributed by atoms with Gasteiger partial charge in [0.2, 0.25) is 0 Å². The number of carbonyl (C=O) groups excluding carboxylic acids is 1. The van der Waals surface area contributed by atoms with E-state index in [9.17, 15) is 4.79 Å². The molecule has 1 saturated heterocycles. The SMILES string of the molecule is CCC1COCCN1C(=O)c1cncc(N)n1. The highest BCUT2D eigenvalue weighted by Crippen LogP contribution is 2.13. The van der Waals surface area contributed by atoms with Crippen LogP contribution in [0.1, 0.15) is 23.8 Å². The minimum atomic E-state index is -0.125. The first-order chi connectivity index (χ1) is 8.22. The van der Waals surface area contributed by atoms with Crippen LogP contribution in [0, 0.1) is 0 Å². The van der Waals surface area contributed by atoms with Crippen molar-refractivity contribution >= 4 is 11.7 Å². The molecule has 0 radical (unpaired) electrons. The molecular formula is C11H16N4O2. The van der Waals surface area contributed by atoms with E-state index in [1.807, 2.05) is 6.92 Å². The van der Waals surface area contributed by atoms with Crippen molar-refractivity contribution in [2.45, 2.75) is 19.4 Å². The van der Waals surface area contributed by atoms with Crippen molar-refractivity contribution in [1.29, 1.82) is 0 Å². The molecule has 1 fully saturated rings. The minimum absolute atomic E-state index is 0.111. The Bertz CT molecular complexity index is 410. The molecule has 0 bridgehead atoms. The Labute approximate surface area is 99.8 Å². The summed E-state index contributed by atoms with van der Waals surface area (Å²) < 4.78 is 5.36. The fraction of sp³-hybridized carbons (Fsp3) is 0.545. The number of hydrogen-bond acceptors (Lipinski definition) is 5. The van der Waals surface area contributed by atoms with Gasteiger partial charge in [0.15, 0.2) is 0 Å². The van der Waals surface area contributed by atoms with Crippen LogP contribution in [0.15, 0.2) is 12.4 Å². The molecule has 1 aromatic rings. The lowest BCUT2D eigenvalue weighted by Gasteiger charge is -2.34. The van der Waals surface area contributed by atoms with Crippen LogP contribution in [0.2, 0.25) is 0 Å². The quantitative estimate of drug-likeness (QED) is 0.799. The number of anilines is 1. The molecule has 92 valence electrons. The average Bonchev–Trinajstić information content (AvgIpc) is 2.38. The number of nitrogens with two attached hydrogens (primary N) is 1. The highest BCUT2D eigenvalue weighted by Gasteiger charge is 2.27. The van der Waals surface area contributed by atoms with Crippen molar-refractivity contribution < 1.29 is 9.53 Å². The lowest BCUT2D eigenvalue weighted by molar-refractivity contribution is -0.00312. The molecule has 0 saturated carbocycles. The fourth-order valence-electron chi connectivity index (χ4n) is 1.89. The topological polar surface area (TPSA) is 81.3 Å². The number of carbonyl (C=O) groups is 1. The molecule has 17 heavy (non-hydrogen) atoms. The maximum atomic E-state index is 12.2. The van der Waals surface area contributed by atoms with E-state index in [0.29, 0.717) is 25.5 Å². The predicted molar refractivity (Wildman–Crippen MR) is 62.4 cm³/mol. The summed E-state index contributed by atoms with van der Waals surface area (Å²) in [7, 11) is 0. The van der Waals surface area contributed by atoms with Gasteiger partial charge in [-0.15, -0.1) is 0 Å². The molecule has 2 rings (SSSR count). The van der Waals surface area contributed by atoms with Crippen molar-refractivity contribution in [2.75, 3.05) is 25.5 Å². The first kappa shape index (κ1) is 11.8. The molecule has 1 amide bonds. The second kappa shape index (κ2) is 5.09. The van der Waals surface area contributed by atoms with Crippen molar-refractivity contribution in [2.24, 2.45) is 0 Å². The van der Waals surface area contributed by atoms with E-state index in [2.05, 4.69) is 9.97 Å². The van der Waals surface area contributed by atoms with Crippen molar-refractivity contribution in [3.05, 3.63) is 18.1 Å². The lowest BCUT2D eigenvalue weighted by atomic mass is 10.1. The Morgan fingerprint density at radius 3 is 3.18 bits per heavy atom. The number of hydrogen-bond donors (Lipinski definition) is 1. The number of nitrogen functional groups attached to an aromatic ring is 1. The summed E-state index contributed by atoms with van der Waals surface area (Å²) in [5.74, 6) is 0.136. The van der Waals surface area contributed by atoms with Gasteiger partial charge >= 0.3 is 0 Å². The van der Waals surface area contributed by atoms with Crippen LogP contribution in [0.4, 0.5) is 5.82 Å². The van der Waals surface area contributed by atoms with Gasteiger partial charge in [0.25, 0.3) is 5.91 Å². The van der Waals surface area contributed by atoms with Crippen LogP contribution in [0.5, 0.6) is 0 Å². The summed E-state index contributed by atoms with van der Waals surface area (Å²) in [5, 5.41) is 0. The Morgan fingerprint density at radius 2 is 2.47 bits per heavy atom. The van der Waals surface area contributed by atoms with Crippen LogP contribution in [0.3, 0.4) is 0 Å². The Hall–Kier alpha value is -1.69. The standard InChI is InChI=1S/C11H16N4O2/c1-2-8-7-17-4-3-15(8)11(16)9-5-13-6-10(12)14-9/h5-6,8H,2-4,7H2,1H3,(H2,12,14). The first-order valence-corrected chi connectivity index (χ1v) is 5.68. The molecule has 0 spiro atoms. The Balaban J connectivity index is 2.18. The molecule has 0 aromatic carbocycles. The zero-order valence-corrected chi connectivity index (χ0v) is 9.80. The van der Waals surface area contributed by atoms with Gasteiger partial charge in [-0.3, -0.25) is 9.78 Å². The predicted octanol–water partition coefficient (Wildman–Crippen LogP) is 0.310. The van der Waals surface area contributed by atoms with Gasteiger partial charge in [0.1, 0.15) is 11.5 Å². The van der Waals surface area contributed by atoms with Crippen LogP contribution in [-0.4, -0.2) is 46.6 Å². The summed E-state index contributed by atoms with van der Waals surface area (Å²) in [5.41, 5.74) is 5.82. The smallest absolute Gasteiger partial charge is 0.274 e. The first-order valence-electron chi connectivity index (χ1n) is 5.68. The van der Waals surface area contributed by atoms with E-state index in [-0.39, 0.29) is 17.8 Å². The maximum absolute atomic E-state index is 12.2. The van der Waals surface area contributed by atoms with E-state index in [1.165, 1.54) is 12.4 Å². The van der Waals surface area contributed by atoms with Gasteiger partial charge in [-0.2, -0.15) is 0 Å². The van der Waals surface area contributed by atoms with E-state index < -0.39 is 0 Å². The summed E-state index contributed by atoms with van der Waals surface area (Å²) in [6.45, 7) is 3.77. The van der Waals surface area contributed by atoms with E-state index in [4.69, 9.17) is 10.5 Å². The second-order valence-corrected chi connectivity index (χ2v) is 3.96. The molecule has 2 heterocycles. The van der Waals surface area contributed by atoms with E-state index in [1.54, 1.807) is 4.90 Å². The van der Waals surface area contributed by atoms with Gasteiger partial charge < -0.3 is 15.4 Å². The van der Waals surface area contributed by atoms with Crippen molar-refractivity contribution in [3.63, 3.8) is 0 Å². The molecule has 1 unspecified atom stereocenters. The van der Waals surface area contributed by atoms with Crippen molar-refractivity contribution in [3.8, 4) is 0 Å². The third kappa shape index (κ3) is 2.52. The molecular weight excluding hydrogens is 220 g/mol. The van der Waals surface area contributed by atoms with Crippen LogP contribution < -0.4 is 5.73 Å². The van der Waals surface area contributed by atoms with Gasteiger partial charge in [-0.05, 0) is 6.42 Å². The summed E-state index contributed by atoms with van der Waals surface area (Å²) in [4.78, 5) is 21.9. The van der Waals surface area contributed by atoms with Gasteiger partial charge in [0.05, 0.1) is 31.6 Å².